The van der Waals surface area contributed by atoms with Crippen LogP contribution in [0.1, 0.15) is 16.7 Å². The second kappa shape index (κ2) is 5.50. The number of benzene rings is 1. The summed E-state index contributed by atoms with van der Waals surface area (Å²) in [5.41, 5.74) is 8.73. The summed E-state index contributed by atoms with van der Waals surface area (Å²) >= 11 is 3.48. The number of aryl methyl sites for hydroxylation is 2. The van der Waals surface area contributed by atoms with Crippen LogP contribution in [0.2, 0.25) is 0 Å². The van der Waals surface area contributed by atoms with Crippen molar-refractivity contribution in [2.75, 3.05) is 0 Å². The predicted octanol–water partition coefficient (Wildman–Crippen LogP) is 3.71. The van der Waals surface area contributed by atoms with E-state index in [-0.39, 0.29) is 0 Å². The van der Waals surface area contributed by atoms with Crippen LogP contribution in [0.5, 0.6) is 11.6 Å². The third-order valence-electron chi connectivity index (χ3n) is 2.62. The predicted molar refractivity (Wildman–Crippen MR) is 75.8 cm³/mol. The van der Waals surface area contributed by atoms with Crippen LogP contribution in [-0.4, -0.2) is 4.98 Å². The Morgan fingerprint density at radius 2 is 2.06 bits per heavy atom. The summed E-state index contributed by atoms with van der Waals surface area (Å²) in [6.07, 6.45) is 1.74. The molecule has 1 heterocycles. The van der Waals surface area contributed by atoms with Crippen LogP contribution in [0, 0.1) is 13.8 Å². The van der Waals surface area contributed by atoms with Crippen molar-refractivity contribution in [2.45, 2.75) is 20.4 Å². The molecule has 0 saturated carbocycles. The Morgan fingerprint density at radius 3 is 2.67 bits per heavy atom. The lowest BCUT2D eigenvalue weighted by atomic mass is 10.2. The topological polar surface area (TPSA) is 48.1 Å². The zero-order valence-electron chi connectivity index (χ0n) is 10.4. The van der Waals surface area contributed by atoms with Crippen LogP contribution in [0.25, 0.3) is 0 Å². The van der Waals surface area contributed by atoms with Gasteiger partial charge < -0.3 is 10.5 Å². The molecule has 0 aliphatic carbocycles. The van der Waals surface area contributed by atoms with Crippen LogP contribution in [0.4, 0.5) is 0 Å². The van der Waals surface area contributed by atoms with Crippen molar-refractivity contribution in [2.24, 2.45) is 5.73 Å². The first kappa shape index (κ1) is 13.1. The second-order valence-corrected chi connectivity index (χ2v) is 5.06. The maximum absolute atomic E-state index is 5.80. The molecule has 18 heavy (non-hydrogen) atoms. The minimum atomic E-state index is 0.488. The van der Waals surface area contributed by atoms with Gasteiger partial charge in [0.1, 0.15) is 5.75 Å². The highest BCUT2D eigenvalue weighted by Gasteiger charge is 2.07. The molecular weight excluding hydrogens is 292 g/mol. The number of ether oxygens (including phenoxy) is 1. The lowest BCUT2D eigenvalue weighted by Gasteiger charge is -2.10. The van der Waals surface area contributed by atoms with Gasteiger partial charge >= 0.3 is 0 Å². The van der Waals surface area contributed by atoms with Crippen LogP contribution in [0.3, 0.4) is 0 Å². The molecule has 0 atom stereocenters. The van der Waals surface area contributed by atoms with Crippen molar-refractivity contribution in [3.05, 3.63) is 51.6 Å². The van der Waals surface area contributed by atoms with Crippen molar-refractivity contribution in [3.8, 4) is 11.6 Å². The van der Waals surface area contributed by atoms with Crippen LogP contribution in [-0.2, 0) is 6.54 Å². The first-order valence-corrected chi connectivity index (χ1v) is 6.49. The van der Waals surface area contributed by atoms with Gasteiger partial charge in [-0.15, -0.1) is 0 Å². The Balaban J connectivity index is 2.28. The van der Waals surface area contributed by atoms with Gasteiger partial charge in [-0.05, 0) is 59.1 Å². The quantitative estimate of drug-likeness (QED) is 0.940. The number of aromatic nitrogens is 1. The molecule has 0 aliphatic heterocycles. The van der Waals surface area contributed by atoms with Gasteiger partial charge in [0.2, 0.25) is 5.88 Å². The van der Waals surface area contributed by atoms with Gasteiger partial charge in [-0.3, -0.25) is 0 Å². The van der Waals surface area contributed by atoms with Gasteiger partial charge in [-0.1, -0.05) is 6.07 Å². The van der Waals surface area contributed by atoms with E-state index < -0.39 is 0 Å². The highest BCUT2D eigenvalue weighted by atomic mass is 79.9. The fourth-order valence-corrected chi connectivity index (χ4v) is 2.21. The van der Waals surface area contributed by atoms with Gasteiger partial charge in [-0.25, -0.2) is 4.98 Å². The lowest BCUT2D eigenvalue weighted by molar-refractivity contribution is 0.455. The molecule has 0 unspecified atom stereocenters. The van der Waals surface area contributed by atoms with E-state index in [1.165, 1.54) is 5.56 Å². The molecule has 1 aromatic carbocycles. The third kappa shape index (κ3) is 2.89. The average Bonchev–Trinajstić information content (AvgIpc) is 2.34. The molecule has 0 radical (unpaired) electrons. The first-order valence-electron chi connectivity index (χ1n) is 5.69. The minimum Gasteiger partial charge on any atom is -0.438 e. The van der Waals surface area contributed by atoms with Gasteiger partial charge in [-0.2, -0.15) is 0 Å². The molecule has 0 fully saturated rings. The molecule has 2 aromatic rings. The molecule has 0 bridgehead atoms. The minimum absolute atomic E-state index is 0.488. The third-order valence-corrected chi connectivity index (χ3v) is 3.24. The van der Waals surface area contributed by atoms with E-state index in [2.05, 4.69) is 20.9 Å². The number of hydrogen-bond donors (Lipinski definition) is 1. The monoisotopic (exact) mass is 306 g/mol. The molecule has 2 N–H and O–H groups in total. The molecule has 0 saturated heterocycles. The zero-order valence-corrected chi connectivity index (χ0v) is 12.0. The fraction of sp³-hybridized carbons (Fsp3) is 0.214. The van der Waals surface area contributed by atoms with Gasteiger partial charge in [0, 0.05) is 18.3 Å². The summed E-state index contributed by atoms with van der Waals surface area (Å²) in [7, 11) is 0. The maximum atomic E-state index is 5.80. The maximum Gasteiger partial charge on any atom is 0.222 e. The van der Waals surface area contributed by atoms with Crippen LogP contribution in [0.15, 0.2) is 34.9 Å². The second-order valence-electron chi connectivity index (χ2n) is 4.21. The van der Waals surface area contributed by atoms with Crippen molar-refractivity contribution >= 4 is 15.9 Å². The molecule has 3 nitrogen and oxygen atoms in total. The Labute approximate surface area is 115 Å². The molecule has 0 aliphatic rings. The van der Waals surface area contributed by atoms with E-state index in [1.807, 2.05) is 38.1 Å². The number of halogens is 1. The zero-order chi connectivity index (χ0) is 13.1. The van der Waals surface area contributed by atoms with Gasteiger partial charge in [0.25, 0.3) is 0 Å². The van der Waals surface area contributed by atoms with Gasteiger partial charge in [0.05, 0.1) is 4.47 Å². The molecular formula is C14H15BrN2O. The van der Waals surface area contributed by atoms with E-state index in [1.54, 1.807) is 6.20 Å². The highest BCUT2D eigenvalue weighted by Crippen LogP contribution is 2.30. The van der Waals surface area contributed by atoms with Crippen LogP contribution < -0.4 is 10.5 Å². The molecule has 4 heteroatoms. The SMILES string of the molecule is Cc1ccc(Oc2ncc(CN)cc2C)c(Br)c1. The van der Waals surface area contributed by atoms with E-state index in [0.29, 0.717) is 12.4 Å². The van der Waals surface area contributed by atoms with Crippen molar-refractivity contribution in [1.82, 2.24) is 4.98 Å². The molecule has 94 valence electrons. The number of hydrogen-bond acceptors (Lipinski definition) is 3. The summed E-state index contributed by atoms with van der Waals surface area (Å²) in [5.74, 6) is 1.37. The summed E-state index contributed by atoms with van der Waals surface area (Å²) in [6.45, 7) is 4.49. The standard InChI is InChI=1S/C14H15BrN2O/c1-9-3-4-13(12(15)5-9)18-14-10(2)6-11(7-16)8-17-14/h3-6,8H,7,16H2,1-2H3. The number of pyridine rings is 1. The van der Waals surface area contributed by atoms with E-state index in [0.717, 1.165) is 21.3 Å². The smallest absolute Gasteiger partial charge is 0.222 e. The highest BCUT2D eigenvalue weighted by molar-refractivity contribution is 9.10. The average molecular weight is 307 g/mol. The Kier molecular flexibility index (Phi) is 3.99. The van der Waals surface area contributed by atoms with Crippen LogP contribution >= 0.6 is 15.9 Å². The summed E-state index contributed by atoms with van der Waals surface area (Å²) in [4.78, 5) is 4.28. The largest absolute Gasteiger partial charge is 0.438 e. The number of nitrogens with zero attached hydrogens (tertiary/aromatic N) is 1. The van der Waals surface area contributed by atoms with Crippen molar-refractivity contribution in [3.63, 3.8) is 0 Å². The summed E-state index contributed by atoms with van der Waals surface area (Å²) < 4.78 is 6.72. The Hall–Kier alpha value is -1.39. The van der Waals surface area contributed by atoms with E-state index in [4.69, 9.17) is 10.5 Å². The first-order chi connectivity index (χ1) is 8.60. The number of rotatable bonds is 3. The molecule has 2 rings (SSSR count). The molecule has 0 amide bonds. The van der Waals surface area contributed by atoms with Gasteiger partial charge in [0.15, 0.2) is 0 Å². The van der Waals surface area contributed by atoms with Crippen molar-refractivity contribution in [1.29, 1.82) is 0 Å². The Morgan fingerprint density at radius 1 is 1.28 bits per heavy atom. The lowest BCUT2D eigenvalue weighted by Crippen LogP contribution is -1.99. The van der Waals surface area contributed by atoms with Crippen molar-refractivity contribution < 1.29 is 4.74 Å². The summed E-state index contributed by atoms with van der Waals surface area (Å²) in [5, 5.41) is 0. The summed E-state index contributed by atoms with van der Waals surface area (Å²) in [6, 6.07) is 7.93. The normalized spacial score (nSPS) is 10.4. The molecule has 0 spiro atoms. The fourth-order valence-electron chi connectivity index (χ4n) is 1.63. The Bertz CT molecular complexity index is 570. The molecule has 1 aromatic heterocycles. The van der Waals surface area contributed by atoms with E-state index >= 15 is 0 Å². The number of nitrogens with two attached hydrogens (primary N) is 1. The van der Waals surface area contributed by atoms with E-state index in [9.17, 15) is 0 Å².